The average molecular weight is 304 g/mol. The van der Waals surface area contributed by atoms with E-state index in [2.05, 4.69) is 5.32 Å². The third-order valence-electron chi connectivity index (χ3n) is 4.05. The van der Waals surface area contributed by atoms with E-state index in [0.29, 0.717) is 17.6 Å². The number of thioether (sulfide) groups is 1. The normalized spacial score (nSPS) is 24.0. The van der Waals surface area contributed by atoms with Crippen LogP contribution >= 0.6 is 11.8 Å². The highest BCUT2D eigenvalue weighted by Crippen LogP contribution is 2.28. The summed E-state index contributed by atoms with van der Waals surface area (Å²) >= 11 is 1.72. The van der Waals surface area contributed by atoms with Gasteiger partial charge >= 0.3 is 5.97 Å². The van der Waals surface area contributed by atoms with Gasteiger partial charge in [0.2, 0.25) is 0 Å². The third-order valence-corrected chi connectivity index (χ3v) is 5.02. The Morgan fingerprint density at radius 3 is 3.10 bits per heavy atom. The Balaban J connectivity index is 1.59. The summed E-state index contributed by atoms with van der Waals surface area (Å²) in [5.41, 5.74) is 1.72. The molecule has 112 valence electrons. The summed E-state index contributed by atoms with van der Waals surface area (Å²) in [5, 5.41) is 4.58. The quantitative estimate of drug-likeness (QED) is 0.872. The van der Waals surface area contributed by atoms with Crippen LogP contribution in [0.25, 0.3) is 0 Å². The Kier molecular flexibility index (Phi) is 4.48. The maximum absolute atomic E-state index is 11.5. The molecule has 0 spiro atoms. The van der Waals surface area contributed by atoms with E-state index in [0.717, 1.165) is 16.5 Å². The second-order valence-corrected chi connectivity index (χ2v) is 6.48. The smallest absolute Gasteiger partial charge is 0.337 e. The van der Waals surface area contributed by atoms with Gasteiger partial charge in [0.1, 0.15) is 0 Å². The number of carbonyl (C=O) groups excluding carboxylic acids is 1. The van der Waals surface area contributed by atoms with Crippen LogP contribution in [-0.2, 0) is 10.5 Å². The van der Waals surface area contributed by atoms with Gasteiger partial charge in [-0.1, -0.05) is 36.7 Å². The minimum absolute atomic E-state index is 0.288. The molecule has 5 heteroatoms. The zero-order valence-corrected chi connectivity index (χ0v) is 13.0. The van der Waals surface area contributed by atoms with Crippen molar-refractivity contribution in [3.63, 3.8) is 0 Å². The van der Waals surface area contributed by atoms with Gasteiger partial charge in [0.05, 0.1) is 24.8 Å². The van der Waals surface area contributed by atoms with Crippen molar-refractivity contribution in [3.05, 3.63) is 35.4 Å². The number of benzene rings is 1. The van der Waals surface area contributed by atoms with Crippen LogP contribution in [0, 0.1) is 0 Å². The summed E-state index contributed by atoms with van der Waals surface area (Å²) < 4.78 is 4.75. The largest absolute Gasteiger partial charge is 0.465 e. The van der Waals surface area contributed by atoms with Crippen molar-refractivity contribution in [1.82, 2.24) is 5.32 Å². The molecule has 1 fully saturated rings. The van der Waals surface area contributed by atoms with Crippen molar-refractivity contribution in [2.75, 3.05) is 7.11 Å². The Hall–Kier alpha value is -1.49. The minimum atomic E-state index is -0.288. The lowest BCUT2D eigenvalue weighted by Crippen LogP contribution is -2.36. The van der Waals surface area contributed by atoms with E-state index in [9.17, 15) is 4.79 Å². The number of rotatable bonds is 3. The second-order valence-electron chi connectivity index (χ2n) is 5.52. The molecule has 1 aromatic carbocycles. The predicted molar refractivity (Wildman–Crippen MR) is 85.7 cm³/mol. The van der Waals surface area contributed by atoms with Gasteiger partial charge in [-0.15, -0.1) is 0 Å². The van der Waals surface area contributed by atoms with Gasteiger partial charge in [-0.3, -0.25) is 4.99 Å². The molecule has 1 aliphatic heterocycles. The number of amidine groups is 1. The molecule has 0 bridgehead atoms. The molecule has 0 saturated heterocycles. The topological polar surface area (TPSA) is 50.7 Å². The molecule has 2 atom stereocenters. The highest BCUT2D eigenvalue weighted by atomic mass is 32.2. The van der Waals surface area contributed by atoms with Crippen LogP contribution in [0.15, 0.2) is 29.3 Å². The minimum Gasteiger partial charge on any atom is -0.465 e. The van der Waals surface area contributed by atoms with E-state index < -0.39 is 0 Å². The number of nitrogens with zero attached hydrogens (tertiary/aromatic N) is 1. The molecular weight excluding hydrogens is 284 g/mol. The number of hydrogen-bond donors (Lipinski definition) is 1. The van der Waals surface area contributed by atoms with Gasteiger partial charge in [0, 0.05) is 5.75 Å². The summed E-state index contributed by atoms with van der Waals surface area (Å²) in [6, 6.07) is 8.61. The lowest BCUT2D eigenvalue weighted by molar-refractivity contribution is 0.0600. The van der Waals surface area contributed by atoms with Crippen LogP contribution in [0.2, 0.25) is 0 Å². The van der Waals surface area contributed by atoms with E-state index in [4.69, 9.17) is 9.73 Å². The number of ether oxygens (including phenoxy) is 1. The molecule has 2 aliphatic rings. The standard InChI is InChI=1S/C16H20N2O2S/c1-20-15(19)12-6-4-5-11(9-12)10-21-16-17-13-7-2-3-8-14(13)18-16/h4-6,9,13-14H,2-3,7-8,10H2,1H3,(H,17,18). The number of hydrogen-bond acceptors (Lipinski definition) is 5. The van der Waals surface area contributed by atoms with Crippen molar-refractivity contribution >= 4 is 22.9 Å². The molecule has 1 aromatic rings. The number of fused-ring (bicyclic) bond motifs is 1. The van der Waals surface area contributed by atoms with E-state index >= 15 is 0 Å². The lowest BCUT2D eigenvalue weighted by Gasteiger charge is -2.23. The maximum atomic E-state index is 11.5. The molecule has 21 heavy (non-hydrogen) atoms. The molecule has 0 radical (unpaired) electrons. The van der Waals surface area contributed by atoms with Crippen molar-refractivity contribution in [1.29, 1.82) is 0 Å². The Bertz CT molecular complexity index is 559. The number of nitrogens with one attached hydrogen (secondary N) is 1. The molecule has 1 heterocycles. The molecular formula is C16H20N2O2S. The Labute approximate surface area is 129 Å². The first-order chi connectivity index (χ1) is 10.3. The zero-order valence-electron chi connectivity index (χ0n) is 12.2. The molecule has 0 aromatic heterocycles. The SMILES string of the molecule is COC(=O)c1cccc(CSC2=NC3CCCCC3N2)c1. The highest BCUT2D eigenvalue weighted by Gasteiger charge is 2.30. The molecule has 1 N–H and O–H groups in total. The fourth-order valence-electron chi connectivity index (χ4n) is 2.92. The van der Waals surface area contributed by atoms with E-state index in [1.807, 2.05) is 18.2 Å². The van der Waals surface area contributed by atoms with Crippen LogP contribution < -0.4 is 5.32 Å². The number of aliphatic imine (C=N–C) groups is 1. The van der Waals surface area contributed by atoms with Crippen molar-refractivity contribution < 1.29 is 9.53 Å². The molecule has 3 rings (SSSR count). The summed E-state index contributed by atoms with van der Waals surface area (Å²) in [7, 11) is 1.41. The molecule has 0 amide bonds. The molecule has 1 saturated carbocycles. The monoisotopic (exact) mass is 304 g/mol. The molecule has 4 nitrogen and oxygen atoms in total. The van der Waals surface area contributed by atoms with Crippen LogP contribution in [0.3, 0.4) is 0 Å². The summed E-state index contributed by atoms with van der Waals surface area (Å²) in [5.74, 6) is 0.528. The van der Waals surface area contributed by atoms with Crippen molar-refractivity contribution in [2.45, 2.75) is 43.5 Å². The Morgan fingerprint density at radius 1 is 1.43 bits per heavy atom. The summed E-state index contributed by atoms with van der Waals surface area (Å²) in [6.45, 7) is 0. The van der Waals surface area contributed by atoms with Crippen LogP contribution in [0.5, 0.6) is 0 Å². The van der Waals surface area contributed by atoms with E-state index in [-0.39, 0.29) is 5.97 Å². The third kappa shape index (κ3) is 3.40. The number of carbonyl (C=O) groups is 1. The number of esters is 1. The zero-order chi connectivity index (χ0) is 14.7. The fourth-order valence-corrected chi connectivity index (χ4v) is 3.84. The van der Waals surface area contributed by atoms with Gasteiger partial charge in [0.25, 0.3) is 0 Å². The van der Waals surface area contributed by atoms with Crippen LogP contribution in [0.1, 0.15) is 41.6 Å². The van der Waals surface area contributed by atoms with Gasteiger partial charge in [-0.25, -0.2) is 4.79 Å². The molecule has 2 unspecified atom stereocenters. The second kappa shape index (κ2) is 6.52. The summed E-state index contributed by atoms with van der Waals surface area (Å²) in [4.78, 5) is 16.3. The summed E-state index contributed by atoms with van der Waals surface area (Å²) in [6.07, 6.45) is 5.05. The molecule has 1 aliphatic carbocycles. The van der Waals surface area contributed by atoms with Gasteiger partial charge in [-0.05, 0) is 30.5 Å². The highest BCUT2D eigenvalue weighted by molar-refractivity contribution is 8.13. The average Bonchev–Trinajstić information content (AvgIpc) is 2.95. The first-order valence-corrected chi connectivity index (χ1v) is 8.39. The van der Waals surface area contributed by atoms with Crippen molar-refractivity contribution in [3.8, 4) is 0 Å². The Morgan fingerprint density at radius 2 is 2.29 bits per heavy atom. The van der Waals surface area contributed by atoms with Gasteiger partial charge in [0.15, 0.2) is 5.17 Å². The van der Waals surface area contributed by atoms with Gasteiger partial charge in [-0.2, -0.15) is 0 Å². The fraction of sp³-hybridized carbons (Fsp3) is 0.500. The van der Waals surface area contributed by atoms with E-state index in [1.54, 1.807) is 17.8 Å². The predicted octanol–water partition coefficient (Wildman–Crippen LogP) is 2.98. The number of methoxy groups -OCH3 is 1. The lowest BCUT2D eigenvalue weighted by atomic mass is 9.92. The maximum Gasteiger partial charge on any atom is 0.337 e. The van der Waals surface area contributed by atoms with Crippen molar-refractivity contribution in [2.24, 2.45) is 4.99 Å². The van der Waals surface area contributed by atoms with Crippen LogP contribution in [0.4, 0.5) is 0 Å². The van der Waals surface area contributed by atoms with Crippen LogP contribution in [-0.4, -0.2) is 30.3 Å². The van der Waals surface area contributed by atoms with E-state index in [1.165, 1.54) is 32.8 Å². The van der Waals surface area contributed by atoms with Gasteiger partial charge < -0.3 is 10.1 Å². The first-order valence-electron chi connectivity index (χ1n) is 7.40. The first kappa shape index (κ1) is 14.4.